The number of halogens is 24. The van der Waals surface area contributed by atoms with Crippen molar-refractivity contribution in [3.63, 3.8) is 0 Å². The van der Waals surface area contributed by atoms with E-state index in [1.807, 2.05) is 0 Å². The number of hydrogen-bond donors (Lipinski definition) is 0. The molecule has 0 saturated heterocycles. The lowest BCUT2D eigenvalue weighted by atomic mass is 9.12. The molecular formula is C47H30BF24N. The summed E-state index contributed by atoms with van der Waals surface area (Å²) >= 11 is 0. The molecule has 0 aliphatic carbocycles. The van der Waals surface area contributed by atoms with Gasteiger partial charge in [0.2, 0.25) is 0 Å². The fourth-order valence-electron chi connectivity index (χ4n) is 8.22. The summed E-state index contributed by atoms with van der Waals surface area (Å²) in [7, 11) is 0. The fourth-order valence-corrected chi connectivity index (χ4v) is 8.22. The molecule has 0 spiro atoms. The molecule has 26 heteroatoms. The van der Waals surface area contributed by atoms with Gasteiger partial charge in [-0.25, -0.2) is 0 Å². The molecule has 5 aromatic carbocycles. The minimum atomic E-state index is -6.13. The Hall–Kier alpha value is -6.37. The van der Waals surface area contributed by atoms with Crippen molar-refractivity contribution in [1.29, 1.82) is 0 Å². The first-order valence-electron chi connectivity index (χ1n) is 20.3. The second-order valence-electron chi connectivity index (χ2n) is 16.6. The predicted molar refractivity (Wildman–Crippen MR) is 216 cm³/mol. The van der Waals surface area contributed by atoms with E-state index in [4.69, 9.17) is 0 Å². The largest absolute Gasteiger partial charge is 0.416 e. The maximum absolute atomic E-state index is 14.2. The van der Waals surface area contributed by atoms with Crippen molar-refractivity contribution >= 4 is 28.0 Å². The van der Waals surface area contributed by atoms with E-state index in [0.29, 0.717) is 0 Å². The molecule has 0 saturated carbocycles. The van der Waals surface area contributed by atoms with E-state index >= 15 is 0 Å². The van der Waals surface area contributed by atoms with Gasteiger partial charge in [-0.2, -0.15) is 132 Å². The maximum atomic E-state index is 14.2. The molecule has 6 aromatic rings. The monoisotopic (exact) mass is 1080 g/mol. The van der Waals surface area contributed by atoms with Crippen LogP contribution in [0.25, 0.3) is 0 Å². The lowest BCUT2D eigenvalue weighted by Gasteiger charge is -2.46. The van der Waals surface area contributed by atoms with Crippen LogP contribution in [0.15, 0.2) is 115 Å². The average Bonchev–Trinajstić information content (AvgIpc) is 3.23. The van der Waals surface area contributed by atoms with Gasteiger partial charge >= 0.3 is 49.4 Å². The molecule has 0 amide bonds. The summed E-state index contributed by atoms with van der Waals surface area (Å²) in [5.41, 5.74) is -24.9. The van der Waals surface area contributed by atoms with E-state index in [9.17, 15) is 105 Å². The van der Waals surface area contributed by atoms with Crippen LogP contribution in [0.5, 0.6) is 0 Å². The fraction of sp³-hybridized carbons (Fsp3) is 0.255. The van der Waals surface area contributed by atoms with Gasteiger partial charge < -0.3 is 0 Å². The Morgan fingerprint density at radius 2 is 0.507 bits per heavy atom. The molecule has 1 nitrogen and oxygen atoms in total. The molecule has 0 atom stereocenters. The Bertz CT molecular complexity index is 2490. The molecule has 0 aliphatic heterocycles. The number of pyridine rings is 1. The van der Waals surface area contributed by atoms with Gasteiger partial charge in [0.25, 0.3) is 0 Å². The van der Waals surface area contributed by atoms with Gasteiger partial charge in [-0.05, 0) is 36.8 Å². The maximum Gasteiger partial charge on any atom is 0.416 e. The lowest BCUT2D eigenvalue weighted by Crippen LogP contribution is -2.75. The van der Waals surface area contributed by atoms with Gasteiger partial charge in [0, 0.05) is 31.5 Å². The minimum absolute atomic E-state index is 0.691. The molecular weight excluding hydrogens is 1050 g/mol. The summed E-state index contributed by atoms with van der Waals surface area (Å²) in [6.07, 6.45) is -54.8. The van der Waals surface area contributed by atoms with Crippen LogP contribution in [0.4, 0.5) is 105 Å². The van der Waals surface area contributed by atoms with Crippen molar-refractivity contribution in [1.82, 2.24) is 0 Å². The molecule has 1 heterocycles. The van der Waals surface area contributed by atoms with Gasteiger partial charge in [-0.15, -0.1) is 0 Å². The van der Waals surface area contributed by atoms with Crippen molar-refractivity contribution in [2.75, 3.05) is 0 Å². The summed E-state index contributed by atoms with van der Waals surface area (Å²) in [4.78, 5) is 0. The van der Waals surface area contributed by atoms with Crippen molar-refractivity contribution in [2.24, 2.45) is 0 Å². The Balaban J connectivity index is 0.000000520. The number of aromatic nitrogens is 1. The molecule has 0 radical (unpaired) electrons. The van der Waals surface area contributed by atoms with Crippen LogP contribution in [0, 0.1) is 20.8 Å². The SMILES string of the molecule is Cc1cc(C)[n+](Cc2ccccc2)c(C)c1.FC(F)(F)c1cc([B-](c2cc(C(F)(F)F)cc(C(F)(F)F)c2)(c2cc(C(F)(F)F)cc(C(F)(F)F)c2)c2cc(C(F)(F)F)cc(C(F)(F)F)c2)cc(C(F)(F)F)c1. The van der Waals surface area contributed by atoms with Crippen molar-refractivity contribution < 1.29 is 110 Å². The first-order valence-corrected chi connectivity index (χ1v) is 20.3. The molecule has 1 aromatic heterocycles. The summed E-state index contributed by atoms with van der Waals surface area (Å²) in [6.45, 7) is 7.44. The van der Waals surface area contributed by atoms with Gasteiger partial charge in [0.05, 0.1) is 44.5 Å². The molecule has 0 unspecified atom stereocenters. The Labute approximate surface area is 396 Å². The van der Waals surface area contributed by atoms with Crippen molar-refractivity contribution in [3.8, 4) is 0 Å². The second-order valence-corrected chi connectivity index (χ2v) is 16.6. The highest BCUT2D eigenvalue weighted by atomic mass is 19.4. The van der Waals surface area contributed by atoms with E-state index in [0.717, 1.165) is 6.54 Å². The van der Waals surface area contributed by atoms with E-state index in [2.05, 4.69) is 67.8 Å². The second kappa shape index (κ2) is 19.5. The Kier molecular flexibility index (Phi) is 15.4. The van der Waals surface area contributed by atoms with Gasteiger partial charge in [0.1, 0.15) is 6.15 Å². The minimum Gasteiger partial charge on any atom is -0.196 e. The number of hydrogen-bond acceptors (Lipinski definition) is 0. The number of benzene rings is 5. The van der Waals surface area contributed by atoms with Crippen LogP contribution in [-0.4, -0.2) is 6.15 Å². The topological polar surface area (TPSA) is 3.88 Å². The van der Waals surface area contributed by atoms with Gasteiger partial charge in [-0.3, -0.25) is 0 Å². The van der Waals surface area contributed by atoms with Crippen molar-refractivity contribution in [2.45, 2.75) is 76.7 Å². The van der Waals surface area contributed by atoms with Crippen molar-refractivity contribution in [3.05, 3.63) is 182 Å². The predicted octanol–water partition coefficient (Wildman–Crippen LogP) is 14.2. The number of alkyl halides is 24. The molecule has 73 heavy (non-hydrogen) atoms. The summed E-state index contributed by atoms with van der Waals surface area (Å²) in [6, 6.07) is 6.24. The highest BCUT2D eigenvalue weighted by Gasteiger charge is 2.47. The van der Waals surface area contributed by atoms with Crippen LogP contribution in [-0.2, 0) is 56.0 Å². The quantitative estimate of drug-likeness (QED) is 0.0889. The van der Waals surface area contributed by atoms with Crippen LogP contribution in [0.2, 0.25) is 0 Å². The smallest absolute Gasteiger partial charge is 0.196 e. The number of nitrogens with zero attached hydrogens (tertiary/aromatic N) is 1. The number of rotatable bonds is 6. The highest BCUT2D eigenvalue weighted by molar-refractivity contribution is 7.20. The Morgan fingerprint density at radius 1 is 0.301 bits per heavy atom. The van der Waals surface area contributed by atoms with Crippen LogP contribution >= 0.6 is 0 Å². The zero-order chi connectivity index (χ0) is 55.5. The third-order valence-electron chi connectivity index (χ3n) is 11.3. The van der Waals surface area contributed by atoms with Crippen LogP contribution in [0.1, 0.15) is 67.0 Å². The summed E-state index contributed by atoms with van der Waals surface area (Å²) in [5.74, 6) is 0. The van der Waals surface area contributed by atoms with E-state index in [1.54, 1.807) is 0 Å². The molecule has 0 bridgehead atoms. The van der Waals surface area contributed by atoms with E-state index < -0.39 is 195 Å². The highest BCUT2D eigenvalue weighted by Crippen LogP contribution is 2.41. The third-order valence-corrected chi connectivity index (χ3v) is 11.3. The molecule has 0 fully saturated rings. The first-order chi connectivity index (χ1) is 32.9. The lowest BCUT2D eigenvalue weighted by molar-refractivity contribution is -0.700. The normalized spacial score (nSPS) is 13.5. The van der Waals surface area contributed by atoms with Gasteiger partial charge in [0.15, 0.2) is 17.9 Å². The zero-order valence-electron chi connectivity index (χ0n) is 36.8. The van der Waals surface area contributed by atoms with E-state index in [1.165, 1.54) is 22.5 Å². The van der Waals surface area contributed by atoms with Crippen LogP contribution in [0.3, 0.4) is 0 Å². The summed E-state index contributed by atoms with van der Waals surface area (Å²) < 4.78 is 343. The average molecular weight is 1080 g/mol. The standard InChI is InChI=1S/C32H12BF24.C15H18N/c34-25(35,36)13-1-14(26(37,38)39)6-21(5-13)33(22-7-15(27(40,41)42)2-16(8-22)28(43,44)45,23-9-17(29(46,47)48)3-18(10-23)30(49,50)51)24-11-19(31(52,53)54)4-20(12-24)32(55,56)57;1-12-9-13(2)16(14(3)10-12)11-15-7-5-4-6-8-15/h1-12H;4-10H,11H2,1-3H3/q-1;+1. The Morgan fingerprint density at radius 3 is 0.699 bits per heavy atom. The zero-order valence-corrected chi connectivity index (χ0v) is 36.8. The first kappa shape index (κ1) is 57.5. The molecule has 0 aliphatic rings. The molecule has 0 N–H and O–H groups in total. The summed E-state index contributed by atoms with van der Waals surface area (Å²) in [5, 5.41) is 0. The van der Waals surface area contributed by atoms with Gasteiger partial charge in [-0.1, -0.05) is 78.9 Å². The number of aryl methyl sites for hydroxylation is 3. The molecule has 6 rings (SSSR count). The molecule has 394 valence electrons. The van der Waals surface area contributed by atoms with E-state index in [-0.39, 0.29) is 0 Å². The van der Waals surface area contributed by atoms with Crippen LogP contribution < -0.4 is 26.4 Å². The third kappa shape index (κ3) is 13.2.